The van der Waals surface area contributed by atoms with Crippen molar-refractivity contribution in [2.45, 2.75) is 12.8 Å². The number of rotatable bonds is 4. The third-order valence-corrected chi connectivity index (χ3v) is 2.86. The van der Waals surface area contributed by atoms with Crippen molar-refractivity contribution in [2.75, 3.05) is 18.4 Å². The number of hydrogen-bond donors (Lipinski definition) is 2. The molecule has 1 heterocycles. The van der Waals surface area contributed by atoms with E-state index in [-0.39, 0.29) is 5.91 Å². The van der Waals surface area contributed by atoms with Crippen LogP contribution in [0.4, 0.5) is 5.69 Å². The number of carbonyl (C=O) groups excluding carboxylic acids is 1. The quantitative estimate of drug-likeness (QED) is 0.818. The number of nitrogens with zero attached hydrogens (tertiary/aromatic N) is 1. The topological polar surface area (TPSA) is 64.9 Å². The molecule has 1 aromatic carbocycles. The summed E-state index contributed by atoms with van der Waals surface area (Å²) in [5.41, 5.74) is 1.76. The molecule has 0 bridgehead atoms. The Labute approximate surface area is 101 Å². The number of anilines is 1. The van der Waals surface area contributed by atoms with Gasteiger partial charge in [-0.2, -0.15) is 5.26 Å². The normalized spacial score (nSPS) is 14.8. The van der Waals surface area contributed by atoms with Gasteiger partial charge in [0.05, 0.1) is 12.5 Å². The molecule has 88 valence electrons. The molecule has 0 spiro atoms. The smallest absolute Gasteiger partial charge is 0.224 e. The van der Waals surface area contributed by atoms with E-state index in [0.29, 0.717) is 18.8 Å². The van der Waals surface area contributed by atoms with Crippen LogP contribution >= 0.6 is 0 Å². The number of hydrogen-bond acceptors (Lipinski definition) is 3. The lowest BCUT2D eigenvalue weighted by atomic mass is 9.99. The maximum atomic E-state index is 11.6. The molecule has 17 heavy (non-hydrogen) atoms. The van der Waals surface area contributed by atoms with Crippen molar-refractivity contribution in [3.8, 4) is 6.07 Å². The van der Waals surface area contributed by atoms with Crippen molar-refractivity contribution in [1.29, 1.82) is 5.26 Å². The van der Waals surface area contributed by atoms with Crippen molar-refractivity contribution in [3.05, 3.63) is 29.8 Å². The molecule has 0 radical (unpaired) electrons. The Balaban J connectivity index is 1.85. The predicted octanol–water partition coefficient (Wildman–Crippen LogP) is 1.30. The molecular formula is C13H15N3O. The molecule has 0 aliphatic carbocycles. The van der Waals surface area contributed by atoms with Gasteiger partial charge in [0.25, 0.3) is 0 Å². The first-order valence-electron chi connectivity index (χ1n) is 5.74. The largest absolute Gasteiger partial charge is 0.326 e. The zero-order valence-corrected chi connectivity index (χ0v) is 9.57. The molecule has 4 nitrogen and oxygen atoms in total. The summed E-state index contributed by atoms with van der Waals surface area (Å²) >= 11 is 0. The van der Waals surface area contributed by atoms with E-state index in [4.69, 9.17) is 5.26 Å². The van der Waals surface area contributed by atoms with Crippen molar-refractivity contribution in [1.82, 2.24) is 5.32 Å². The minimum atomic E-state index is 0.0598. The van der Waals surface area contributed by atoms with Crippen LogP contribution in [0.1, 0.15) is 12.0 Å². The van der Waals surface area contributed by atoms with Crippen LogP contribution in [0.3, 0.4) is 0 Å². The summed E-state index contributed by atoms with van der Waals surface area (Å²) in [6.45, 7) is 1.88. The molecule has 1 aliphatic rings. The predicted molar refractivity (Wildman–Crippen MR) is 65.4 cm³/mol. The summed E-state index contributed by atoms with van der Waals surface area (Å²) in [5.74, 6) is 0.539. The van der Waals surface area contributed by atoms with Crippen LogP contribution in [0.25, 0.3) is 0 Å². The van der Waals surface area contributed by atoms with E-state index >= 15 is 0 Å². The van der Waals surface area contributed by atoms with Crippen LogP contribution in [0.2, 0.25) is 0 Å². The monoisotopic (exact) mass is 229 g/mol. The highest BCUT2D eigenvalue weighted by molar-refractivity contribution is 5.90. The Morgan fingerprint density at radius 3 is 2.65 bits per heavy atom. The summed E-state index contributed by atoms with van der Waals surface area (Å²) in [6.07, 6.45) is 0.981. The van der Waals surface area contributed by atoms with Crippen molar-refractivity contribution in [3.63, 3.8) is 0 Å². The molecule has 1 amide bonds. The molecule has 1 saturated heterocycles. The molecule has 1 fully saturated rings. The van der Waals surface area contributed by atoms with Gasteiger partial charge in [0.2, 0.25) is 5.91 Å². The van der Waals surface area contributed by atoms with E-state index < -0.39 is 0 Å². The van der Waals surface area contributed by atoms with Gasteiger partial charge in [0.1, 0.15) is 0 Å². The second-order valence-corrected chi connectivity index (χ2v) is 4.31. The fourth-order valence-corrected chi connectivity index (χ4v) is 1.76. The third-order valence-electron chi connectivity index (χ3n) is 2.86. The molecule has 0 saturated carbocycles. The standard InChI is InChI=1S/C13H15N3O/c14-6-5-10-1-3-12(4-2-10)16-13(17)7-11-8-15-9-11/h1-4,11,15H,5,7-9H2,(H,16,17). The molecule has 1 aromatic rings. The summed E-state index contributed by atoms with van der Waals surface area (Å²) in [7, 11) is 0. The molecular weight excluding hydrogens is 214 g/mol. The minimum Gasteiger partial charge on any atom is -0.326 e. The van der Waals surface area contributed by atoms with Gasteiger partial charge in [-0.05, 0) is 36.7 Å². The van der Waals surface area contributed by atoms with Crippen LogP contribution in [-0.2, 0) is 11.2 Å². The highest BCUT2D eigenvalue weighted by Crippen LogP contribution is 2.13. The Bertz CT molecular complexity index is 429. The molecule has 1 aliphatic heterocycles. The van der Waals surface area contributed by atoms with E-state index in [2.05, 4.69) is 16.7 Å². The van der Waals surface area contributed by atoms with E-state index in [1.807, 2.05) is 24.3 Å². The first-order valence-corrected chi connectivity index (χ1v) is 5.74. The van der Waals surface area contributed by atoms with E-state index in [1.54, 1.807) is 0 Å². The number of carbonyl (C=O) groups is 1. The minimum absolute atomic E-state index is 0.0598. The van der Waals surface area contributed by atoms with Gasteiger partial charge in [0.15, 0.2) is 0 Å². The Kier molecular flexibility index (Phi) is 3.73. The molecule has 2 N–H and O–H groups in total. The van der Waals surface area contributed by atoms with E-state index in [9.17, 15) is 4.79 Å². The number of amides is 1. The number of nitriles is 1. The Morgan fingerprint density at radius 1 is 1.41 bits per heavy atom. The van der Waals surface area contributed by atoms with Crippen LogP contribution in [0, 0.1) is 17.2 Å². The maximum absolute atomic E-state index is 11.6. The molecule has 0 unspecified atom stereocenters. The van der Waals surface area contributed by atoms with Crippen LogP contribution < -0.4 is 10.6 Å². The average Bonchev–Trinajstić information content (AvgIpc) is 2.27. The van der Waals surface area contributed by atoms with E-state index in [1.165, 1.54) is 0 Å². The molecule has 0 atom stereocenters. The molecule has 2 rings (SSSR count). The SMILES string of the molecule is N#CCc1ccc(NC(=O)CC2CNC2)cc1. The van der Waals surface area contributed by atoms with Crippen molar-refractivity contribution in [2.24, 2.45) is 5.92 Å². The lowest BCUT2D eigenvalue weighted by molar-refractivity contribution is -0.117. The summed E-state index contributed by atoms with van der Waals surface area (Å²) in [4.78, 5) is 11.6. The van der Waals surface area contributed by atoms with Gasteiger partial charge in [-0.1, -0.05) is 12.1 Å². The molecule has 4 heteroatoms. The molecule has 0 aromatic heterocycles. The number of nitrogens with one attached hydrogen (secondary N) is 2. The maximum Gasteiger partial charge on any atom is 0.224 e. The van der Waals surface area contributed by atoms with Gasteiger partial charge in [-0.15, -0.1) is 0 Å². The van der Waals surface area contributed by atoms with Crippen LogP contribution in [0.5, 0.6) is 0 Å². The van der Waals surface area contributed by atoms with Gasteiger partial charge in [0, 0.05) is 12.1 Å². The van der Waals surface area contributed by atoms with Gasteiger partial charge >= 0.3 is 0 Å². The lowest BCUT2D eigenvalue weighted by Crippen LogP contribution is -2.43. The zero-order valence-electron chi connectivity index (χ0n) is 9.57. The Hall–Kier alpha value is -1.86. The van der Waals surface area contributed by atoms with Gasteiger partial charge in [-0.3, -0.25) is 4.79 Å². The lowest BCUT2D eigenvalue weighted by Gasteiger charge is -2.26. The second-order valence-electron chi connectivity index (χ2n) is 4.31. The fourth-order valence-electron chi connectivity index (χ4n) is 1.76. The Morgan fingerprint density at radius 2 is 2.12 bits per heavy atom. The van der Waals surface area contributed by atoms with Gasteiger partial charge in [-0.25, -0.2) is 0 Å². The number of benzene rings is 1. The van der Waals surface area contributed by atoms with Gasteiger partial charge < -0.3 is 10.6 Å². The van der Waals surface area contributed by atoms with Crippen molar-refractivity contribution >= 4 is 11.6 Å². The fraction of sp³-hybridized carbons (Fsp3) is 0.385. The first kappa shape index (κ1) is 11.6. The summed E-state index contributed by atoms with van der Waals surface area (Å²) in [6, 6.07) is 9.49. The van der Waals surface area contributed by atoms with Crippen LogP contribution in [0.15, 0.2) is 24.3 Å². The van der Waals surface area contributed by atoms with Crippen molar-refractivity contribution < 1.29 is 4.79 Å². The zero-order chi connectivity index (χ0) is 12.1. The highest BCUT2D eigenvalue weighted by Gasteiger charge is 2.19. The average molecular weight is 229 g/mol. The summed E-state index contributed by atoms with van der Waals surface area (Å²) < 4.78 is 0. The highest BCUT2D eigenvalue weighted by atomic mass is 16.1. The second kappa shape index (κ2) is 5.46. The first-order chi connectivity index (χ1) is 8.28. The van der Waals surface area contributed by atoms with E-state index in [0.717, 1.165) is 24.3 Å². The summed E-state index contributed by atoms with van der Waals surface area (Å²) in [5, 5.41) is 14.5. The third kappa shape index (κ3) is 3.30. The van der Waals surface area contributed by atoms with Crippen LogP contribution in [-0.4, -0.2) is 19.0 Å².